The molecule has 1 fully saturated rings. The van der Waals surface area contributed by atoms with Crippen molar-refractivity contribution in [3.8, 4) is 0 Å². The predicted octanol–water partition coefficient (Wildman–Crippen LogP) is 3.53. The molecule has 0 unspecified atom stereocenters. The van der Waals surface area contributed by atoms with Crippen molar-refractivity contribution < 1.29 is 14.4 Å². The highest BCUT2D eigenvalue weighted by Gasteiger charge is 2.29. The fourth-order valence-electron chi connectivity index (χ4n) is 3.71. The molecule has 0 spiro atoms. The number of Topliss-reactive ketones (excluding diaryl/α,β-unsaturated/α-hetero) is 1. The quantitative estimate of drug-likeness (QED) is 0.796. The van der Waals surface area contributed by atoms with E-state index in [4.69, 9.17) is 5.73 Å². The third kappa shape index (κ3) is 4.39. The van der Waals surface area contributed by atoms with Gasteiger partial charge in [-0.3, -0.25) is 9.59 Å². The lowest BCUT2D eigenvalue weighted by Crippen LogP contribution is -2.40. The van der Waals surface area contributed by atoms with Crippen molar-refractivity contribution in [3.63, 3.8) is 0 Å². The maximum Gasteiger partial charge on any atom is 0.316 e. The lowest BCUT2D eigenvalue weighted by molar-refractivity contribution is 0.0650. The van der Waals surface area contributed by atoms with E-state index in [1.165, 1.54) is 0 Å². The van der Waals surface area contributed by atoms with Crippen molar-refractivity contribution in [1.29, 1.82) is 0 Å². The van der Waals surface area contributed by atoms with Crippen molar-refractivity contribution in [2.75, 3.05) is 18.4 Å². The molecule has 1 aliphatic heterocycles. The number of nitrogens with zero attached hydrogens (tertiary/aromatic N) is 1. The maximum absolute atomic E-state index is 12.9. The van der Waals surface area contributed by atoms with E-state index < -0.39 is 6.03 Å². The average molecular weight is 379 g/mol. The number of likely N-dealkylation sites (tertiary alicyclic amines) is 1. The molecule has 1 saturated heterocycles. The normalized spacial score (nSPS) is 14.6. The molecule has 0 aromatic heterocycles. The van der Waals surface area contributed by atoms with E-state index in [-0.39, 0.29) is 17.6 Å². The molecular weight excluding hydrogens is 354 g/mol. The molecule has 3 rings (SSSR count). The number of benzene rings is 2. The van der Waals surface area contributed by atoms with Crippen molar-refractivity contribution in [3.05, 3.63) is 64.7 Å². The summed E-state index contributed by atoms with van der Waals surface area (Å²) in [6.45, 7) is 5.05. The first-order valence-electron chi connectivity index (χ1n) is 9.42. The van der Waals surface area contributed by atoms with Gasteiger partial charge >= 0.3 is 6.03 Å². The first-order valence-corrected chi connectivity index (χ1v) is 9.42. The van der Waals surface area contributed by atoms with Gasteiger partial charge in [-0.1, -0.05) is 29.8 Å². The van der Waals surface area contributed by atoms with Crippen LogP contribution in [0.25, 0.3) is 0 Å². The highest BCUT2D eigenvalue weighted by molar-refractivity contribution is 6.00. The molecule has 6 heteroatoms. The summed E-state index contributed by atoms with van der Waals surface area (Å²) in [5.41, 5.74) is 9.02. The van der Waals surface area contributed by atoms with Crippen LogP contribution in [0, 0.1) is 19.8 Å². The Balaban J connectivity index is 1.64. The number of carbonyl (C=O) groups excluding carboxylic acids is 3. The second-order valence-corrected chi connectivity index (χ2v) is 7.32. The fourth-order valence-corrected chi connectivity index (χ4v) is 3.71. The first kappa shape index (κ1) is 19.6. The molecule has 0 radical (unpaired) electrons. The monoisotopic (exact) mass is 379 g/mol. The number of piperidine rings is 1. The molecular formula is C22H25N3O3. The Labute approximate surface area is 164 Å². The molecule has 3 N–H and O–H groups in total. The van der Waals surface area contributed by atoms with Crippen LogP contribution in [0.5, 0.6) is 0 Å². The second-order valence-electron chi connectivity index (χ2n) is 7.32. The number of nitrogens with one attached hydrogen (secondary N) is 1. The minimum Gasteiger partial charge on any atom is -0.351 e. The zero-order chi connectivity index (χ0) is 20.3. The predicted molar refractivity (Wildman–Crippen MR) is 109 cm³/mol. The van der Waals surface area contributed by atoms with Crippen LogP contribution in [0.3, 0.4) is 0 Å². The smallest absolute Gasteiger partial charge is 0.316 e. The van der Waals surface area contributed by atoms with Crippen molar-refractivity contribution in [2.24, 2.45) is 11.7 Å². The molecule has 1 aliphatic rings. The summed E-state index contributed by atoms with van der Waals surface area (Å²) >= 11 is 0. The molecule has 28 heavy (non-hydrogen) atoms. The maximum atomic E-state index is 12.9. The van der Waals surface area contributed by atoms with Gasteiger partial charge in [0, 0.05) is 35.8 Å². The molecule has 3 amide bonds. The topological polar surface area (TPSA) is 92.5 Å². The van der Waals surface area contributed by atoms with Crippen molar-refractivity contribution >= 4 is 23.4 Å². The second kappa shape index (κ2) is 8.25. The van der Waals surface area contributed by atoms with Gasteiger partial charge in [-0.15, -0.1) is 0 Å². The first-order chi connectivity index (χ1) is 13.3. The fraction of sp³-hybridized carbons (Fsp3) is 0.318. The van der Waals surface area contributed by atoms with Gasteiger partial charge < -0.3 is 16.0 Å². The molecule has 6 nitrogen and oxygen atoms in total. The minimum atomic E-state index is -0.671. The summed E-state index contributed by atoms with van der Waals surface area (Å²) in [7, 11) is 0. The van der Waals surface area contributed by atoms with E-state index in [2.05, 4.69) is 5.32 Å². The van der Waals surface area contributed by atoms with Crippen molar-refractivity contribution in [1.82, 2.24) is 4.90 Å². The highest BCUT2D eigenvalue weighted by atomic mass is 16.2. The summed E-state index contributed by atoms with van der Waals surface area (Å²) < 4.78 is 0. The zero-order valence-electron chi connectivity index (χ0n) is 16.2. The van der Waals surface area contributed by atoms with Gasteiger partial charge in [0.15, 0.2) is 5.78 Å². The van der Waals surface area contributed by atoms with E-state index in [1.54, 1.807) is 29.2 Å². The van der Waals surface area contributed by atoms with Crippen LogP contribution in [-0.2, 0) is 0 Å². The number of aryl methyl sites for hydroxylation is 2. The van der Waals surface area contributed by atoms with Crippen LogP contribution in [0.2, 0.25) is 0 Å². The largest absolute Gasteiger partial charge is 0.351 e. The number of amides is 3. The van der Waals surface area contributed by atoms with Crippen LogP contribution >= 0.6 is 0 Å². The van der Waals surface area contributed by atoms with Crippen LogP contribution in [0.1, 0.15) is 44.7 Å². The molecule has 2 aromatic carbocycles. The number of hydrogen-bond acceptors (Lipinski definition) is 3. The lowest BCUT2D eigenvalue weighted by atomic mass is 9.87. The Morgan fingerprint density at radius 1 is 1.04 bits per heavy atom. The number of ketones is 1. The van der Waals surface area contributed by atoms with E-state index in [1.807, 2.05) is 32.0 Å². The van der Waals surface area contributed by atoms with Gasteiger partial charge in [0.2, 0.25) is 0 Å². The third-order valence-corrected chi connectivity index (χ3v) is 5.18. The number of anilines is 1. The number of hydrogen-bond donors (Lipinski definition) is 2. The van der Waals surface area contributed by atoms with Gasteiger partial charge in [0.05, 0.1) is 0 Å². The highest BCUT2D eigenvalue weighted by Crippen LogP contribution is 2.25. The third-order valence-electron chi connectivity index (χ3n) is 5.18. The van der Waals surface area contributed by atoms with Crippen LogP contribution < -0.4 is 11.1 Å². The molecule has 0 atom stereocenters. The van der Waals surface area contributed by atoms with E-state index in [0.717, 1.165) is 16.7 Å². The van der Waals surface area contributed by atoms with E-state index in [9.17, 15) is 14.4 Å². The van der Waals surface area contributed by atoms with Gasteiger partial charge in [0.25, 0.3) is 5.91 Å². The summed E-state index contributed by atoms with van der Waals surface area (Å²) in [5.74, 6) is -0.00360. The van der Waals surface area contributed by atoms with Crippen LogP contribution in [0.4, 0.5) is 10.5 Å². The van der Waals surface area contributed by atoms with E-state index >= 15 is 0 Å². The number of primary amides is 1. The Morgan fingerprint density at radius 2 is 1.75 bits per heavy atom. The Kier molecular flexibility index (Phi) is 5.78. The Bertz CT molecular complexity index is 915. The number of nitrogens with two attached hydrogens (primary N) is 1. The molecule has 0 aliphatic carbocycles. The average Bonchev–Trinajstić information content (AvgIpc) is 2.67. The summed E-state index contributed by atoms with van der Waals surface area (Å²) in [4.78, 5) is 38.4. The van der Waals surface area contributed by atoms with E-state index in [0.29, 0.717) is 37.2 Å². The van der Waals surface area contributed by atoms with Gasteiger partial charge in [0.1, 0.15) is 0 Å². The molecule has 0 saturated carbocycles. The van der Waals surface area contributed by atoms with Crippen LogP contribution in [-0.4, -0.2) is 35.7 Å². The summed E-state index contributed by atoms with van der Waals surface area (Å²) in [5, 5.41) is 2.48. The Morgan fingerprint density at radius 3 is 2.39 bits per heavy atom. The van der Waals surface area contributed by atoms with Crippen LogP contribution in [0.15, 0.2) is 42.5 Å². The Hall–Kier alpha value is -3.15. The molecule has 1 heterocycles. The molecule has 2 aromatic rings. The number of carbonyl (C=O) groups is 3. The summed E-state index contributed by atoms with van der Waals surface area (Å²) in [6, 6.07) is 11.9. The minimum absolute atomic E-state index is 0.0617. The SMILES string of the molecule is Cc1ccc(C(=O)C2CCN(C(=O)c3cccc(NC(N)=O)c3)CC2)c(C)c1. The van der Waals surface area contributed by atoms with Crippen molar-refractivity contribution in [2.45, 2.75) is 26.7 Å². The number of rotatable bonds is 4. The summed E-state index contributed by atoms with van der Waals surface area (Å²) in [6.07, 6.45) is 1.30. The molecule has 146 valence electrons. The van der Waals surface area contributed by atoms with Gasteiger partial charge in [-0.05, 0) is 50.5 Å². The number of urea groups is 1. The van der Waals surface area contributed by atoms with Gasteiger partial charge in [-0.25, -0.2) is 4.79 Å². The van der Waals surface area contributed by atoms with Gasteiger partial charge in [-0.2, -0.15) is 0 Å². The lowest BCUT2D eigenvalue weighted by Gasteiger charge is -2.31. The standard InChI is InChI=1S/C22H25N3O3/c1-14-6-7-19(15(2)12-14)20(26)16-8-10-25(11-9-16)21(27)17-4-3-5-18(13-17)24-22(23)28/h3-7,12-13,16H,8-11H2,1-2H3,(H3,23,24,28). The molecule has 0 bridgehead atoms. The zero-order valence-corrected chi connectivity index (χ0v) is 16.2.